The fourth-order valence-electron chi connectivity index (χ4n) is 1.25. The molecule has 0 saturated heterocycles. The van der Waals surface area contributed by atoms with Crippen molar-refractivity contribution in [3.8, 4) is 0 Å². The Hall–Kier alpha value is -1.42. The first-order valence-electron chi connectivity index (χ1n) is 5.57. The number of nitrogens with zero attached hydrogens (tertiary/aromatic N) is 1. The Labute approximate surface area is 96.5 Å². The molecule has 0 spiro atoms. The Morgan fingerprint density at radius 2 is 2.31 bits per heavy atom. The highest BCUT2D eigenvalue weighted by Crippen LogP contribution is 1.95. The lowest BCUT2D eigenvalue weighted by Crippen LogP contribution is -2.37. The lowest BCUT2D eigenvalue weighted by atomic mass is 10.2. The van der Waals surface area contributed by atoms with Crippen molar-refractivity contribution in [1.82, 2.24) is 15.6 Å². The molecule has 0 bridgehead atoms. The Kier molecular flexibility index (Phi) is 5.50. The average molecular weight is 221 g/mol. The van der Waals surface area contributed by atoms with Crippen LogP contribution in [0.5, 0.6) is 0 Å². The van der Waals surface area contributed by atoms with Gasteiger partial charge in [-0.3, -0.25) is 9.78 Å². The zero-order valence-corrected chi connectivity index (χ0v) is 9.86. The first-order valence-corrected chi connectivity index (χ1v) is 5.57. The maximum atomic E-state index is 11.3. The normalized spacial score (nSPS) is 10.4. The van der Waals surface area contributed by atoms with Crippen LogP contribution in [0, 0.1) is 0 Å². The molecule has 4 nitrogen and oxygen atoms in total. The summed E-state index contributed by atoms with van der Waals surface area (Å²) in [6, 6.07) is 4.24. The number of hydrogen-bond donors (Lipinski definition) is 2. The molecule has 0 saturated carbocycles. The molecule has 0 atom stereocenters. The summed E-state index contributed by atoms with van der Waals surface area (Å²) in [6.07, 6.45) is 4.38. The summed E-state index contributed by atoms with van der Waals surface area (Å²) in [6.45, 7) is 5.07. The van der Waals surface area contributed by atoms with Crippen molar-refractivity contribution < 1.29 is 4.79 Å². The minimum absolute atomic E-state index is 0.0394. The van der Waals surface area contributed by atoms with Crippen molar-refractivity contribution >= 4 is 5.91 Å². The fraction of sp³-hybridized carbons (Fsp3) is 0.500. The fourth-order valence-corrected chi connectivity index (χ4v) is 1.25. The van der Waals surface area contributed by atoms with Crippen LogP contribution in [0.25, 0.3) is 0 Å². The van der Waals surface area contributed by atoms with Crippen LogP contribution in [0.15, 0.2) is 24.5 Å². The summed E-state index contributed by atoms with van der Waals surface area (Å²) < 4.78 is 0. The number of rotatable bonds is 6. The summed E-state index contributed by atoms with van der Waals surface area (Å²) in [5.41, 5.74) is 1.14. The Balaban J connectivity index is 2.13. The summed E-state index contributed by atoms with van der Waals surface area (Å²) in [5.74, 6) is 0.0394. The van der Waals surface area contributed by atoms with Crippen molar-refractivity contribution in [3.05, 3.63) is 30.1 Å². The number of nitrogens with one attached hydrogen (secondary N) is 2. The van der Waals surface area contributed by atoms with Gasteiger partial charge in [0.15, 0.2) is 0 Å². The molecule has 0 aromatic carbocycles. The number of aromatic nitrogens is 1. The summed E-state index contributed by atoms with van der Waals surface area (Å²) in [7, 11) is 0. The maximum absolute atomic E-state index is 11.3. The number of hydrogen-bond acceptors (Lipinski definition) is 3. The van der Waals surface area contributed by atoms with E-state index in [1.165, 1.54) is 0 Å². The molecule has 0 unspecified atom stereocenters. The standard InChI is InChI=1S/C12H19N3O/c1-10(2)15-9-12(16)14-7-5-11-4-3-6-13-8-11/h3-4,6,8,10,15H,5,7,9H2,1-2H3,(H,14,16). The van der Waals surface area contributed by atoms with E-state index in [2.05, 4.69) is 15.6 Å². The number of carbonyl (C=O) groups excluding carboxylic acids is 1. The van der Waals surface area contributed by atoms with Crippen molar-refractivity contribution in [3.63, 3.8) is 0 Å². The molecule has 16 heavy (non-hydrogen) atoms. The zero-order valence-electron chi connectivity index (χ0n) is 9.86. The molecular weight excluding hydrogens is 202 g/mol. The minimum Gasteiger partial charge on any atom is -0.355 e. The van der Waals surface area contributed by atoms with Gasteiger partial charge < -0.3 is 10.6 Å². The third kappa shape index (κ3) is 5.46. The lowest BCUT2D eigenvalue weighted by Gasteiger charge is -2.08. The predicted octanol–water partition coefficient (Wildman–Crippen LogP) is 0.738. The van der Waals surface area contributed by atoms with Gasteiger partial charge >= 0.3 is 0 Å². The van der Waals surface area contributed by atoms with Gasteiger partial charge in [0.05, 0.1) is 6.54 Å². The van der Waals surface area contributed by atoms with Gasteiger partial charge in [0.2, 0.25) is 5.91 Å². The monoisotopic (exact) mass is 221 g/mol. The van der Waals surface area contributed by atoms with E-state index in [1.807, 2.05) is 32.2 Å². The summed E-state index contributed by atoms with van der Waals surface area (Å²) in [4.78, 5) is 15.4. The van der Waals surface area contributed by atoms with Gasteiger partial charge in [-0.1, -0.05) is 19.9 Å². The van der Waals surface area contributed by atoms with Gasteiger partial charge in [-0.25, -0.2) is 0 Å². The SMILES string of the molecule is CC(C)NCC(=O)NCCc1cccnc1. The highest BCUT2D eigenvalue weighted by atomic mass is 16.1. The molecule has 0 fully saturated rings. The van der Waals surface area contributed by atoms with E-state index in [0.717, 1.165) is 12.0 Å². The van der Waals surface area contributed by atoms with Crippen molar-refractivity contribution in [2.45, 2.75) is 26.3 Å². The van der Waals surface area contributed by atoms with Gasteiger partial charge in [-0.15, -0.1) is 0 Å². The Bertz CT molecular complexity index is 311. The highest BCUT2D eigenvalue weighted by Gasteiger charge is 2.01. The minimum atomic E-state index is 0.0394. The molecule has 0 aliphatic rings. The maximum Gasteiger partial charge on any atom is 0.233 e. The number of amides is 1. The summed E-state index contributed by atoms with van der Waals surface area (Å²) >= 11 is 0. The second-order valence-corrected chi connectivity index (χ2v) is 4.00. The van der Waals surface area contributed by atoms with Gasteiger partial charge in [0.1, 0.15) is 0 Å². The third-order valence-electron chi connectivity index (χ3n) is 2.13. The zero-order chi connectivity index (χ0) is 11.8. The van der Waals surface area contributed by atoms with Crippen LogP contribution >= 0.6 is 0 Å². The molecular formula is C12H19N3O. The van der Waals surface area contributed by atoms with E-state index >= 15 is 0 Å². The first-order chi connectivity index (χ1) is 7.68. The smallest absolute Gasteiger partial charge is 0.233 e. The van der Waals surface area contributed by atoms with Crippen LogP contribution in [0.2, 0.25) is 0 Å². The topological polar surface area (TPSA) is 54.0 Å². The molecule has 88 valence electrons. The molecule has 1 heterocycles. The third-order valence-corrected chi connectivity index (χ3v) is 2.13. The van der Waals surface area contributed by atoms with E-state index in [9.17, 15) is 4.79 Å². The molecule has 0 aliphatic heterocycles. The lowest BCUT2D eigenvalue weighted by molar-refractivity contribution is -0.120. The van der Waals surface area contributed by atoms with Gasteiger partial charge in [0, 0.05) is 25.0 Å². The van der Waals surface area contributed by atoms with Crippen LogP contribution in [0.3, 0.4) is 0 Å². The molecule has 4 heteroatoms. The van der Waals surface area contributed by atoms with E-state index in [4.69, 9.17) is 0 Å². The molecule has 0 radical (unpaired) electrons. The van der Waals surface area contributed by atoms with E-state index in [-0.39, 0.29) is 5.91 Å². The van der Waals surface area contributed by atoms with Crippen LogP contribution in [0.4, 0.5) is 0 Å². The van der Waals surface area contributed by atoms with Crippen LogP contribution in [-0.4, -0.2) is 30.0 Å². The van der Waals surface area contributed by atoms with E-state index in [1.54, 1.807) is 6.20 Å². The molecule has 1 aromatic heterocycles. The van der Waals surface area contributed by atoms with Crippen molar-refractivity contribution in [1.29, 1.82) is 0 Å². The average Bonchev–Trinajstić information content (AvgIpc) is 2.28. The second kappa shape index (κ2) is 6.95. The van der Waals surface area contributed by atoms with E-state index in [0.29, 0.717) is 19.1 Å². The van der Waals surface area contributed by atoms with Crippen LogP contribution in [0.1, 0.15) is 19.4 Å². The quantitative estimate of drug-likeness (QED) is 0.745. The molecule has 1 rings (SSSR count). The highest BCUT2D eigenvalue weighted by molar-refractivity contribution is 5.77. The molecule has 1 amide bonds. The van der Waals surface area contributed by atoms with Crippen LogP contribution < -0.4 is 10.6 Å². The first kappa shape index (κ1) is 12.6. The predicted molar refractivity (Wildman–Crippen MR) is 64.1 cm³/mol. The van der Waals surface area contributed by atoms with Gasteiger partial charge in [-0.2, -0.15) is 0 Å². The molecule has 2 N–H and O–H groups in total. The largest absolute Gasteiger partial charge is 0.355 e. The van der Waals surface area contributed by atoms with Crippen LogP contribution in [-0.2, 0) is 11.2 Å². The Morgan fingerprint density at radius 3 is 2.94 bits per heavy atom. The number of pyridine rings is 1. The summed E-state index contributed by atoms with van der Waals surface area (Å²) in [5, 5.41) is 5.93. The van der Waals surface area contributed by atoms with Gasteiger partial charge in [0.25, 0.3) is 0 Å². The van der Waals surface area contributed by atoms with Crippen molar-refractivity contribution in [2.75, 3.05) is 13.1 Å². The second-order valence-electron chi connectivity index (χ2n) is 4.00. The molecule has 1 aromatic rings. The number of carbonyl (C=O) groups is 1. The van der Waals surface area contributed by atoms with Crippen molar-refractivity contribution in [2.24, 2.45) is 0 Å². The van der Waals surface area contributed by atoms with Gasteiger partial charge in [-0.05, 0) is 18.1 Å². The Morgan fingerprint density at radius 1 is 1.50 bits per heavy atom. The molecule has 0 aliphatic carbocycles. The van der Waals surface area contributed by atoms with E-state index < -0.39 is 0 Å².